The van der Waals surface area contributed by atoms with E-state index in [0.717, 1.165) is 18.4 Å². The van der Waals surface area contributed by atoms with Crippen molar-refractivity contribution in [2.45, 2.75) is 38.3 Å². The fraction of sp³-hybridized carbons (Fsp3) is 0.286. The largest absolute Gasteiger partial charge is 0.485 e. The minimum absolute atomic E-state index is 0.225. The van der Waals surface area contributed by atoms with Gasteiger partial charge in [0.1, 0.15) is 5.75 Å². The molecule has 2 aromatic carbocycles. The van der Waals surface area contributed by atoms with Gasteiger partial charge in [0.25, 0.3) is 0 Å². The number of hydrogen-bond acceptors (Lipinski definition) is 5. The number of rotatable bonds is 7. The second kappa shape index (κ2) is 8.93. The summed E-state index contributed by atoms with van der Waals surface area (Å²) in [6.07, 6.45) is 2.21. The Kier molecular flexibility index (Phi) is 6.11. The van der Waals surface area contributed by atoms with Gasteiger partial charge in [-0.15, -0.1) is 0 Å². The normalized spacial score (nSPS) is 14.2. The molecule has 0 bridgehead atoms. The molecule has 0 saturated heterocycles. The number of nitrogens with zero attached hydrogens (tertiary/aromatic N) is 2. The maximum Gasteiger partial charge on any atom is 0.319 e. The summed E-state index contributed by atoms with van der Waals surface area (Å²) in [5.74, 6) is 2.27. The number of anilines is 1. The molecule has 1 fully saturated rings. The van der Waals surface area contributed by atoms with Crippen LogP contribution >= 0.6 is 23.2 Å². The van der Waals surface area contributed by atoms with Crippen LogP contribution in [0.25, 0.3) is 0 Å². The third-order valence-corrected chi connectivity index (χ3v) is 5.23. The molecule has 1 saturated carbocycles. The van der Waals surface area contributed by atoms with E-state index >= 15 is 0 Å². The lowest BCUT2D eigenvalue weighted by molar-refractivity contribution is 0.249. The first-order valence-electron chi connectivity index (χ1n) is 9.56. The third kappa shape index (κ3) is 5.23. The average molecular weight is 447 g/mol. The topological polar surface area (TPSA) is 89.3 Å². The molecule has 0 spiro atoms. The lowest BCUT2D eigenvalue weighted by Gasteiger charge is -2.16. The van der Waals surface area contributed by atoms with E-state index in [0.29, 0.717) is 39.1 Å². The molecule has 9 heteroatoms. The summed E-state index contributed by atoms with van der Waals surface area (Å²) < 4.78 is 10.9. The van der Waals surface area contributed by atoms with Crippen LogP contribution in [0.2, 0.25) is 10.0 Å². The highest BCUT2D eigenvalue weighted by Crippen LogP contribution is 2.38. The van der Waals surface area contributed by atoms with Gasteiger partial charge in [0, 0.05) is 21.7 Å². The van der Waals surface area contributed by atoms with Crippen molar-refractivity contribution in [2.75, 3.05) is 5.32 Å². The van der Waals surface area contributed by atoms with Crippen molar-refractivity contribution in [3.05, 3.63) is 69.8 Å². The number of urea groups is 1. The van der Waals surface area contributed by atoms with Gasteiger partial charge in [-0.1, -0.05) is 34.4 Å². The van der Waals surface area contributed by atoms with Gasteiger partial charge >= 0.3 is 6.03 Å². The number of amides is 2. The molecular weight excluding hydrogens is 427 g/mol. The number of benzene rings is 2. The van der Waals surface area contributed by atoms with Crippen LogP contribution < -0.4 is 15.4 Å². The first kappa shape index (κ1) is 20.5. The molecule has 1 heterocycles. The lowest BCUT2D eigenvalue weighted by atomic mass is 10.1. The molecule has 1 aromatic heterocycles. The van der Waals surface area contributed by atoms with Crippen LogP contribution in [0.4, 0.5) is 10.5 Å². The Balaban J connectivity index is 1.27. The lowest BCUT2D eigenvalue weighted by Crippen LogP contribution is -2.31. The molecule has 30 heavy (non-hydrogen) atoms. The van der Waals surface area contributed by atoms with Crippen LogP contribution in [-0.4, -0.2) is 16.2 Å². The standard InChI is InChI=1S/C21H20Cl2N4O3/c1-12(17-9-4-14(22)10-18(17)23)24-21(28)25-15-5-7-16(8-6-15)29-11-19-26-20(30-27-19)13-2-3-13/h4-10,12-13H,2-3,11H2,1H3,(H2,24,25,28). The van der Waals surface area contributed by atoms with Crippen LogP contribution in [0.1, 0.15) is 49.0 Å². The van der Waals surface area contributed by atoms with E-state index in [9.17, 15) is 4.79 Å². The molecule has 156 valence electrons. The highest BCUT2D eigenvalue weighted by atomic mass is 35.5. The Labute approximate surface area is 183 Å². The minimum atomic E-state index is -0.346. The van der Waals surface area contributed by atoms with Gasteiger partial charge in [-0.25, -0.2) is 4.79 Å². The van der Waals surface area contributed by atoms with Crippen LogP contribution in [0.15, 0.2) is 47.0 Å². The molecule has 7 nitrogen and oxygen atoms in total. The van der Waals surface area contributed by atoms with Crippen molar-refractivity contribution >= 4 is 34.9 Å². The molecule has 4 rings (SSSR count). The second-order valence-electron chi connectivity index (χ2n) is 7.12. The van der Waals surface area contributed by atoms with Crippen LogP contribution in [0.5, 0.6) is 5.75 Å². The second-order valence-corrected chi connectivity index (χ2v) is 7.97. The zero-order chi connectivity index (χ0) is 21.1. The van der Waals surface area contributed by atoms with Crippen LogP contribution in [0.3, 0.4) is 0 Å². The number of carbonyl (C=O) groups is 1. The number of ether oxygens (including phenoxy) is 1. The summed E-state index contributed by atoms with van der Waals surface area (Å²) in [5.41, 5.74) is 1.41. The Morgan fingerprint density at radius 1 is 1.23 bits per heavy atom. The fourth-order valence-electron chi connectivity index (χ4n) is 2.90. The molecule has 3 aromatic rings. The van der Waals surface area contributed by atoms with E-state index < -0.39 is 0 Å². The summed E-state index contributed by atoms with van der Waals surface area (Å²) in [5, 5.41) is 10.6. The number of hydrogen-bond donors (Lipinski definition) is 2. The molecule has 0 radical (unpaired) electrons. The van der Waals surface area contributed by atoms with E-state index in [1.807, 2.05) is 6.92 Å². The molecule has 1 aliphatic carbocycles. The van der Waals surface area contributed by atoms with Gasteiger partial charge in [-0.3, -0.25) is 0 Å². The van der Waals surface area contributed by atoms with E-state index in [1.54, 1.807) is 42.5 Å². The highest BCUT2D eigenvalue weighted by molar-refractivity contribution is 6.35. The summed E-state index contributed by atoms with van der Waals surface area (Å²) in [7, 11) is 0. The van der Waals surface area contributed by atoms with Crippen molar-refractivity contribution in [3.63, 3.8) is 0 Å². The predicted molar refractivity (Wildman–Crippen MR) is 114 cm³/mol. The Bertz CT molecular complexity index is 1030. The monoisotopic (exact) mass is 446 g/mol. The van der Waals surface area contributed by atoms with Crippen molar-refractivity contribution < 1.29 is 14.1 Å². The SMILES string of the molecule is CC(NC(=O)Nc1ccc(OCc2noc(C3CC3)n2)cc1)c1ccc(Cl)cc1Cl. The average Bonchev–Trinajstić information content (AvgIpc) is 3.45. The summed E-state index contributed by atoms with van der Waals surface area (Å²) in [6, 6.07) is 11.6. The van der Waals surface area contributed by atoms with Crippen LogP contribution in [0, 0.1) is 0 Å². The number of nitrogens with one attached hydrogen (secondary N) is 2. The zero-order valence-electron chi connectivity index (χ0n) is 16.2. The summed E-state index contributed by atoms with van der Waals surface area (Å²) >= 11 is 12.1. The minimum Gasteiger partial charge on any atom is -0.485 e. The number of carbonyl (C=O) groups excluding carboxylic acids is 1. The Morgan fingerprint density at radius 3 is 2.70 bits per heavy atom. The van der Waals surface area contributed by atoms with E-state index in [2.05, 4.69) is 20.8 Å². The van der Waals surface area contributed by atoms with Crippen molar-refractivity contribution in [1.29, 1.82) is 0 Å². The molecule has 2 amide bonds. The summed E-state index contributed by atoms with van der Waals surface area (Å²) in [4.78, 5) is 16.6. The van der Waals surface area contributed by atoms with E-state index in [4.69, 9.17) is 32.5 Å². The van der Waals surface area contributed by atoms with Gasteiger partial charge < -0.3 is 19.9 Å². The summed E-state index contributed by atoms with van der Waals surface area (Å²) in [6.45, 7) is 2.07. The third-order valence-electron chi connectivity index (χ3n) is 4.67. The molecule has 1 unspecified atom stereocenters. The van der Waals surface area contributed by atoms with Crippen molar-refractivity contribution in [3.8, 4) is 5.75 Å². The number of halogens is 2. The zero-order valence-corrected chi connectivity index (χ0v) is 17.7. The smallest absolute Gasteiger partial charge is 0.319 e. The highest BCUT2D eigenvalue weighted by Gasteiger charge is 2.29. The molecule has 1 aliphatic rings. The molecular formula is C21H20Cl2N4O3. The van der Waals surface area contributed by atoms with Gasteiger partial charge in [-0.2, -0.15) is 4.98 Å². The fourth-order valence-corrected chi connectivity index (χ4v) is 3.47. The van der Waals surface area contributed by atoms with E-state index in [1.165, 1.54) is 0 Å². The maximum absolute atomic E-state index is 12.3. The van der Waals surface area contributed by atoms with Crippen molar-refractivity contribution in [2.24, 2.45) is 0 Å². The Hall–Kier alpha value is -2.77. The first-order valence-corrected chi connectivity index (χ1v) is 10.3. The first-order chi connectivity index (χ1) is 14.5. The van der Waals surface area contributed by atoms with E-state index in [-0.39, 0.29) is 18.7 Å². The molecule has 1 atom stereocenters. The molecule has 0 aliphatic heterocycles. The van der Waals surface area contributed by atoms with Gasteiger partial charge in [0.2, 0.25) is 11.7 Å². The quantitative estimate of drug-likeness (QED) is 0.484. The van der Waals surface area contributed by atoms with Gasteiger partial charge in [0.05, 0.1) is 6.04 Å². The predicted octanol–water partition coefficient (Wildman–Crippen LogP) is 5.72. The number of aromatic nitrogens is 2. The maximum atomic E-state index is 12.3. The van der Waals surface area contributed by atoms with Gasteiger partial charge in [-0.05, 0) is 61.7 Å². The Morgan fingerprint density at radius 2 is 2.00 bits per heavy atom. The van der Waals surface area contributed by atoms with Crippen LogP contribution in [-0.2, 0) is 6.61 Å². The van der Waals surface area contributed by atoms with Gasteiger partial charge in [0.15, 0.2) is 6.61 Å². The van der Waals surface area contributed by atoms with Crippen molar-refractivity contribution in [1.82, 2.24) is 15.5 Å². The molecule has 2 N–H and O–H groups in total.